The Hall–Kier alpha value is -2.66. The van der Waals surface area contributed by atoms with Gasteiger partial charge in [0, 0.05) is 24.5 Å². The Bertz CT molecular complexity index is 895. The summed E-state index contributed by atoms with van der Waals surface area (Å²) in [5.74, 6) is -0.652. The molecule has 3 rings (SSSR count). The average molecular weight is 385 g/mol. The molecule has 140 valence electrons. The molecule has 0 radical (unpaired) electrons. The van der Waals surface area contributed by atoms with E-state index >= 15 is 0 Å². The summed E-state index contributed by atoms with van der Waals surface area (Å²) < 4.78 is 0. The molecule has 1 heterocycles. The van der Waals surface area contributed by atoms with Gasteiger partial charge in [0.25, 0.3) is 11.8 Å². The predicted molar refractivity (Wildman–Crippen MR) is 104 cm³/mol. The minimum Gasteiger partial charge on any atom is -0.356 e. The van der Waals surface area contributed by atoms with Crippen LogP contribution in [0.15, 0.2) is 42.5 Å². The lowest BCUT2D eigenvalue weighted by molar-refractivity contribution is -0.121. The Morgan fingerprint density at radius 3 is 2.63 bits per heavy atom. The smallest absolute Gasteiger partial charge is 0.261 e. The Balaban J connectivity index is 1.43. The minimum absolute atomic E-state index is 0.0931. The van der Waals surface area contributed by atoms with Gasteiger partial charge in [0.15, 0.2) is 0 Å². The molecule has 3 amide bonds. The molecule has 0 saturated heterocycles. The quantitative estimate of drug-likeness (QED) is 0.744. The Kier molecular flexibility index (Phi) is 5.91. The van der Waals surface area contributed by atoms with Gasteiger partial charge in [-0.1, -0.05) is 35.4 Å². The van der Waals surface area contributed by atoms with Crippen molar-refractivity contribution in [2.75, 3.05) is 13.1 Å². The third-order valence-electron chi connectivity index (χ3n) is 4.54. The van der Waals surface area contributed by atoms with Gasteiger partial charge in [-0.05, 0) is 49.6 Å². The van der Waals surface area contributed by atoms with E-state index in [1.54, 1.807) is 12.1 Å². The second kappa shape index (κ2) is 8.35. The van der Waals surface area contributed by atoms with Gasteiger partial charge in [0.2, 0.25) is 5.91 Å². The highest BCUT2D eigenvalue weighted by Gasteiger charge is 2.34. The Morgan fingerprint density at radius 2 is 1.85 bits per heavy atom. The topological polar surface area (TPSA) is 66.5 Å². The standard InChI is InChI=1S/C21H21ClN2O3/c1-14-7-8-17-18(12-14)21(27)24(20(17)26)11-3-6-19(25)23-10-9-15-4-2-5-16(22)13-15/h2,4-5,7-8,12-13H,3,6,9-11H2,1H3,(H,23,25). The highest BCUT2D eigenvalue weighted by atomic mass is 35.5. The molecule has 0 bridgehead atoms. The van der Waals surface area contributed by atoms with E-state index in [0.29, 0.717) is 35.5 Å². The number of hydrogen-bond donors (Lipinski definition) is 1. The summed E-state index contributed by atoms with van der Waals surface area (Å²) in [7, 11) is 0. The van der Waals surface area contributed by atoms with Crippen molar-refractivity contribution in [3.05, 3.63) is 69.7 Å². The maximum atomic E-state index is 12.4. The fourth-order valence-electron chi connectivity index (χ4n) is 3.13. The molecule has 1 aliphatic rings. The lowest BCUT2D eigenvalue weighted by Gasteiger charge is -2.13. The molecule has 0 fully saturated rings. The van der Waals surface area contributed by atoms with E-state index in [1.165, 1.54) is 4.90 Å². The number of aryl methyl sites for hydroxylation is 1. The van der Waals surface area contributed by atoms with Gasteiger partial charge in [0.05, 0.1) is 11.1 Å². The number of fused-ring (bicyclic) bond motifs is 1. The van der Waals surface area contributed by atoms with Crippen LogP contribution < -0.4 is 5.32 Å². The predicted octanol–water partition coefficient (Wildman–Crippen LogP) is 3.38. The molecule has 0 aromatic heterocycles. The number of imide groups is 1. The largest absolute Gasteiger partial charge is 0.356 e. The number of rotatable bonds is 7. The summed E-state index contributed by atoms with van der Waals surface area (Å²) in [6, 6.07) is 12.8. The number of nitrogens with one attached hydrogen (secondary N) is 1. The molecule has 5 nitrogen and oxygen atoms in total. The molecule has 1 aliphatic heterocycles. The lowest BCUT2D eigenvalue weighted by Crippen LogP contribution is -2.32. The van der Waals surface area contributed by atoms with Crippen LogP contribution in [-0.4, -0.2) is 35.7 Å². The highest BCUT2D eigenvalue weighted by molar-refractivity contribution is 6.30. The molecule has 1 N–H and O–H groups in total. The fraction of sp³-hybridized carbons (Fsp3) is 0.286. The molecule has 27 heavy (non-hydrogen) atoms. The summed E-state index contributed by atoms with van der Waals surface area (Å²) in [5, 5.41) is 3.53. The maximum absolute atomic E-state index is 12.4. The van der Waals surface area contributed by atoms with Crippen LogP contribution in [0.1, 0.15) is 44.7 Å². The molecule has 0 spiro atoms. The first-order valence-corrected chi connectivity index (χ1v) is 9.31. The fourth-order valence-corrected chi connectivity index (χ4v) is 3.35. The third-order valence-corrected chi connectivity index (χ3v) is 4.77. The zero-order valence-corrected chi connectivity index (χ0v) is 15.9. The van der Waals surface area contributed by atoms with Crippen molar-refractivity contribution in [1.82, 2.24) is 10.2 Å². The van der Waals surface area contributed by atoms with Crippen molar-refractivity contribution >= 4 is 29.3 Å². The average Bonchev–Trinajstić information content (AvgIpc) is 2.86. The number of amides is 3. The number of nitrogens with zero attached hydrogens (tertiary/aromatic N) is 1. The van der Waals surface area contributed by atoms with Crippen LogP contribution in [0, 0.1) is 6.92 Å². The molecule has 0 aliphatic carbocycles. The number of carbonyl (C=O) groups is 3. The SMILES string of the molecule is Cc1ccc2c(c1)C(=O)N(CCCC(=O)NCCc1cccc(Cl)c1)C2=O. The monoisotopic (exact) mass is 384 g/mol. The van der Waals surface area contributed by atoms with Gasteiger partial charge < -0.3 is 5.32 Å². The summed E-state index contributed by atoms with van der Waals surface area (Å²) in [5.41, 5.74) is 2.89. The number of benzene rings is 2. The summed E-state index contributed by atoms with van der Waals surface area (Å²) in [6.07, 6.45) is 1.40. The zero-order valence-electron chi connectivity index (χ0n) is 15.1. The van der Waals surface area contributed by atoms with E-state index in [4.69, 9.17) is 11.6 Å². The van der Waals surface area contributed by atoms with E-state index in [9.17, 15) is 14.4 Å². The second-order valence-corrected chi connectivity index (χ2v) is 7.08. The van der Waals surface area contributed by atoms with E-state index in [2.05, 4.69) is 5.32 Å². The zero-order chi connectivity index (χ0) is 19.4. The molecule has 0 unspecified atom stereocenters. The second-order valence-electron chi connectivity index (χ2n) is 6.64. The van der Waals surface area contributed by atoms with Gasteiger partial charge in [-0.2, -0.15) is 0 Å². The van der Waals surface area contributed by atoms with Crippen LogP contribution in [-0.2, 0) is 11.2 Å². The van der Waals surface area contributed by atoms with Gasteiger partial charge in [-0.15, -0.1) is 0 Å². The molecular formula is C21H21ClN2O3. The summed E-state index contributed by atoms with van der Waals surface area (Å²) in [6.45, 7) is 2.65. The Labute approximate surface area is 163 Å². The normalized spacial score (nSPS) is 13.0. The first-order chi connectivity index (χ1) is 13.0. The van der Waals surface area contributed by atoms with Crippen LogP contribution in [0.5, 0.6) is 0 Å². The molecule has 6 heteroatoms. The van der Waals surface area contributed by atoms with Crippen LogP contribution in [0.25, 0.3) is 0 Å². The summed E-state index contributed by atoms with van der Waals surface area (Å²) >= 11 is 5.94. The molecule has 0 atom stereocenters. The van der Waals surface area contributed by atoms with E-state index in [-0.39, 0.29) is 30.7 Å². The molecule has 0 saturated carbocycles. The van der Waals surface area contributed by atoms with Crippen molar-refractivity contribution in [2.24, 2.45) is 0 Å². The van der Waals surface area contributed by atoms with Crippen LogP contribution >= 0.6 is 11.6 Å². The van der Waals surface area contributed by atoms with Crippen molar-refractivity contribution < 1.29 is 14.4 Å². The van der Waals surface area contributed by atoms with E-state index < -0.39 is 0 Å². The van der Waals surface area contributed by atoms with Crippen LogP contribution in [0.4, 0.5) is 0 Å². The number of carbonyl (C=O) groups excluding carboxylic acids is 3. The molecule has 2 aromatic carbocycles. The van der Waals surface area contributed by atoms with Crippen molar-refractivity contribution in [2.45, 2.75) is 26.2 Å². The number of hydrogen-bond acceptors (Lipinski definition) is 3. The van der Waals surface area contributed by atoms with Gasteiger partial charge in [0.1, 0.15) is 0 Å². The third kappa shape index (κ3) is 4.55. The first kappa shape index (κ1) is 19.1. The maximum Gasteiger partial charge on any atom is 0.261 e. The Morgan fingerprint density at radius 1 is 1.07 bits per heavy atom. The highest BCUT2D eigenvalue weighted by Crippen LogP contribution is 2.24. The van der Waals surface area contributed by atoms with Crippen molar-refractivity contribution in [3.63, 3.8) is 0 Å². The molecule has 2 aromatic rings. The van der Waals surface area contributed by atoms with Crippen LogP contribution in [0.2, 0.25) is 5.02 Å². The first-order valence-electron chi connectivity index (χ1n) is 8.93. The van der Waals surface area contributed by atoms with E-state index in [0.717, 1.165) is 11.1 Å². The van der Waals surface area contributed by atoms with Crippen molar-refractivity contribution in [1.29, 1.82) is 0 Å². The van der Waals surface area contributed by atoms with E-state index in [1.807, 2.05) is 37.3 Å². The molecular weight excluding hydrogens is 364 g/mol. The van der Waals surface area contributed by atoms with Gasteiger partial charge >= 0.3 is 0 Å². The van der Waals surface area contributed by atoms with Crippen LogP contribution in [0.3, 0.4) is 0 Å². The van der Waals surface area contributed by atoms with Crippen molar-refractivity contribution in [3.8, 4) is 0 Å². The minimum atomic E-state index is -0.281. The summed E-state index contributed by atoms with van der Waals surface area (Å²) in [4.78, 5) is 37.9. The lowest BCUT2D eigenvalue weighted by atomic mass is 10.1. The van der Waals surface area contributed by atoms with Gasteiger partial charge in [-0.3, -0.25) is 19.3 Å². The van der Waals surface area contributed by atoms with Gasteiger partial charge in [-0.25, -0.2) is 0 Å². The number of halogens is 1.